The fraction of sp³-hybridized carbons (Fsp3) is 0.417. The zero-order chi connectivity index (χ0) is 45.1. The van der Waals surface area contributed by atoms with E-state index in [-0.39, 0.29) is 42.0 Å². The summed E-state index contributed by atoms with van der Waals surface area (Å²) in [5, 5.41) is 15.4. The number of fused-ring (bicyclic) bond motifs is 3. The van der Waals surface area contributed by atoms with Crippen molar-refractivity contribution in [3.05, 3.63) is 111 Å². The van der Waals surface area contributed by atoms with Crippen LogP contribution in [0.2, 0.25) is 0 Å². The molecule has 3 aromatic carbocycles. The minimum Gasteiger partial charge on any atom is -0.379 e. The molecule has 6 aromatic rings. The number of likely N-dealkylation sites (tertiary alicyclic amines) is 1. The van der Waals surface area contributed by atoms with Crippen LogP contribution in [0, 0.1) is 0 Å². The summed E-state index contributed by atoms with van der Waals surface area (Å²) in [5.74, 6) is -0.00285. The Morgan fingerprint density at radius 1 is 0.938 bits per heavy atom. The number of hydrogen-bond acceptors (Lipinski definition) is 9. The van der Waals surface area contributed by atoms with Crippen molar-refractivity contribution in [2.75, 3.05) is 36.4 Å². The van der Waals surface area contributed by atoms with Gasteiger partial charge in [0.1, 0.15) is 6.04 Å². The van der Waals surface area contributed by atoms with Crippen LogP contribution >= 0.6 is 0 Å². The van der Waals surface area contributed by atoms with E-state index in [2.05, 4.69) is 54.5 Å². The Bertz CT molecular complexity index is 2890. The molecule has 4 aliphatic heterocycles. The van der Waals surface area contributed by atoms with Crippen molar-refractivity contribution in [3.8, 4) is 11.1 Å². The van der Waals surface area contributed by atoms with Gasteiger partial charge in [-0.15, -0.1) is 0 Å². The highest BCUT2D eigenvalue weighted by atomic mass is 19.3. The number of amides is 3. The van der Waals surface area contributed by atoms with E-state index in [1.54, 1.807) is 48.7 Å². The van der Waals surface area contributed by atoms with Crippen LogP contribution in [0.4, 0.5) is 26.0 Å². The van der Waals surface area contributed by atoms with Crippen LogP contribution in [0.15, 0.2) is 71.8 Å². The van der Waals surface area contributed by atoms with Gasteiger partial charge in [-0.05, 0) is 78.6 Å². The van der Waals surface area contributed by atoms with E-state index >= 15 is 0 Å². The third-order valence-electron chi connectivity index (χ3n) is 13.8. The van der Waals surface area contributed by atoms with E-state index < -0.39 is 18.4 Å². The molecule has 0 saturated carbocycles. The summed E-state index contributed by atoms with van der Waals surface area (Å²) < 4.78 is 36.4. The molecular formula is C48H53F2N11O4. The van der Waals surface area contributed by atoms with Crippen LogP contribution < -0.4 is 21.2 Å². The number of halogens is 2. The molecule has 0 aliphatic carbocycles. The molecule has 65 heavy (non-hydrogen) atoms. The van der Waals surface area contributed by atoms with Gasteiger partial charge in [-0.3, -0.25) is 43.1 Å². The lowest BCUT2D eigenvalue weighted by Crippen LogP contribution is -2.44. The molecule has 10 rings (SSSR count). The summed E-state index contributed by atoms with van der Waals surface area (Å²) in [6, 6.07) is 17.2. The number of para-hydroxylation sites is 1. The summed E-state index contributed by atoms with van der Waals surface area (Å²) in [7, 11) is 3.48. The smallest absolute Gasteiger partial charge is 0.329 e. The second kappa shape index (κ2) is 17.1. The summed E-state index contributed by atoms with van der Waals surface area (Å²) in [4.78, 5) is 57.0. The van der Waals surface area contributed by atoms with E-state index in [9.17, 15) is 28.0 Å². The van der Waals surface area contributed by atoms with Gasteiger partial charge in [0.2, 0.25) is 17.7 Å². The number of hydrogen-bond donors (Lipinski definition) is 2. The van der Waals surface area contributed by atoms with E-state index in [0.717, 1.165) is 84.9 Å². The number of nitrogens with zero attached hydrogens (tertiary/aromatic N) is 9. The van der Waals surface area contributed by atoms with E-state index in [0.29, 0.717) is 54.8 Å². The Kier molecular flexibility index (Phi) is 11.1. The number of carbonyl (C=O) groups excluding carboxylic acids is 3. The molecule has 0 spiro atoms. The van der Waals surface area contributed by atoms with Gasteiger partial charge in [-0.25, -0.2) is 13.6 Å². The minimum absolute atomic E-state index is 0.0112. The lowest BCUT2D eigenvalue weighted by molar-refractivity contribution is -0.135. The zero-order valence-electron chi connectivity index (χ0n) is 36.9. The Morgan fingerprint density at radius 2 is 1.72 bits per heavy atom. The van der Waals surface area contributed by atoms with Gasteiger partial charge >= 0.3 is 5.69 Å². The highest BCUT2D eigenvalue weighted by Gasteiger charge is 2.35. The highest BCUT2D eigenvalue weighted by molar-refractivity contribution is 6.00. The third kappa shape index (κ3) is 7.89. The first-order valence-electron chi connectivity index (χ1n) is 22.6. The molecule has 338 valence electrons. The summed E-state index contributed by atoms with van der Waals surface area (Å²) in [6.07, 6.45) is 5.33. The van der Waals surface area contributed by atoms with Crippen molar-refractivity contribution in [3.63, 3.8) is 0 Å². The van der Waals surface area contributed by atoms with Crippen LogP contribution in [-0.2, 0) is 61.0 Å². The van der Waals surface area contributed by atoms with Crippen LogP contribution in [0.5, 0.6) is 0 Å². The maximum Gasteiger partial charge on any atom is 0.329 e. The number of aryl methyl sites for hydroxylation is 3. The fourth-order valence-corrected chi connectivity index (χ4v) is 10.4. The Labute approximate surface area is 374 Å². The van der Waals surface area contributed by atoms with Gasteiger partial charge in [-0.2, -0.15) is 10.2 Å². The summed E-state index contributed by atoms with van der Waals surface area (Å²) in [5.41, 5.74) is 9.16. The highest BCUT2D eigenvalue weighted by Crippen LogP contribution is 2.44. The van der Waals surface area contributed by atoms with Crippen molar-refractivity contribution in [1.29, 1.82) is 0 Å². The monoisotopic (exact) mass is 885 g/mol. The molecule has 1 atom stereocenters. The molecule has 3 aromatic heterocycles. The Morgan fingerprint density at radius 3 is 2.45 bits per heavy atom. The summed E-state index contributed by atoms with van der Waals surface area (Å²) >= 11 is 0. The fourth-order valence-electron chi connectivity index (χ4n) is 10.4. The number of piperidine rings is 2. The van der Waals surface area contributed by atoms with Gasteiger partial charge in [-0.1, -0.05) is 30.3 Å². The average molecular weight is 886 g/mol. The van der Waals surface area contributed by atoms with Gasteiger partial charge in [0.15, 0.2) is 5.82 Å². The number of benzene rings is 3. The number of anilines is 3. The lowest BCUT2D eigenvalue weighted by Gasteiger charge is -2.34. The van der Waals surface area contributed by atoms with Crippen molar-refractivity contribution >= 4 is 45.9 Å². The Balaban J connectivity index is 0.825. The first-order chi connectivity index (χ1) is 31.4. The molecule has 15 nitrogen and oxygen atoms in total. The molecule has 3 amide bonds. The molecule has 2 saturated heterocycles. The summed E-state index contributed by atoms with van der Waals surface area (Å²) in [6.45, 7) is 6.43. The largest absolute Gasteiger partial charge is 0.379 e. The second-order valence-electron chi connectivity index (χ2n) is 17.9. The number of alkyl halides is 2. The zero-order valence-corrected chi connectivity index (χ0v) is 36.9. The van der Waals surface area contributed by atoms with Crippen LogP contribution in [0.25, 0.3) is 22.2 Å². The predicted molar refractivity (Wildman–Crippen MR) is 242 cm³/mol. The van der Waals surface area contributed by atoms with Gasteiger partial charge in [0.05, 0.1) is 35.5 Å². The van der Waals surface area contributed by atoms with Crippen LogP contribution in [-0.4, -0.2) is 82.4 Å². The molecule has 2 N–H and O–H groups in total. The van der Waals surface area contributed by atoms with Gasteiger partial charge < -0.3 is 15.1 Å². The number of carbonyl (C=O) groups is 3. The second-order valence-corrected chi connectivity index (χ2v) is 17.9. The van der Waals surface area contributed by atoms with Crippen LogP contribution in [0.1, 0.15) is 91.0 Å². The van der Waals surface area contributed by atoms with Crippen LogP contribution in [0.3, 0.4) is 0 Å². The van der Waals surface area contributed by atoms with Crippen molar-refractivity contribution in [2.45, 2.75) is 90.0 Å². The van der Waals surface area contributed by atoms with Gasteiger partial charge in [0, 0.05) is 107 Å². The molecular weight excluding hydrogens is 833 g/mol. The predicted octanol–water partition coefficient (Wildman–Crippen LogP) is 6.29. The number of aromatic nitrogens is 6. The standard InChI is InChI=1S/C48H53F2N11O4/c1-29(62)58-21-17-39-37(28-58)46(59-18-5-6-32-22-35(33-25-52-55(2)27-33)36(45(49)50)23-42(32)59)54-61(39)34-15-19-57(20-16-34)26-31-11-9-30(10-12-31)24-51-38-7-4-8-40-44(38)56(3)48(65)60(40)41-13-14-43(63)53-47(41)64/h4,7-12,22-23,25,27,34,41,45,51H,5-6,13-21,24,26,28H2,1-3H3,(H,53,63,64). The normalized spacial score (nSPS) is 18.3. The maximum atomic E-state index is 14.7. The number of rotatable bonds is 10. The third-order valence-corrected chi connectivity index (χ3v) is 13.8. The average Bonchev–Trinajstić information content (AvgIpc) is 3.99. The SMILES string of the molecule is CC(=O)N1CCc2c(c(N3CCCc4cc(-c5cnn(C)c5)c(C(F)F)cc43)nn2C2CCN(Cc3ccc(CNc4cccc5c4n(C)c(=O)n5C4CCC(=O)NC4=O)cc3)CC2)C1. The quantitative estimate of drug-likeness (QED) is 0.152. The van der Waals surface area contributed by atoms with Crippen molar-refractivity contribution in [2.24, 2.45) is 14.1 Å². The molecule has 2 fully saturated rings. The number of imidazole rings is 1. The van der Waals surface area contributed by atoms with Crippen molar-refractivity contribution in [1.82, 2.24) is 43.8 Å². The lowest BCUT2D eigenvalue weighted by atomic mass is 9.92. The molecule has 7 heterocycles. The number of imide groups is 1. The minimum atomic E-state index is -2.67. The molecule has 17 heteroatoms. The van der Waals surface area contributed by atoms with E-state index in [1.165, 1.54) is 10.1 Å². The Hall–Kier alpha value is -6.62. The topological polar surface area (TPSA) is 148 Å². The van der Waals surface area contributed by atoms with E-state index in [1.807, 2.05) is 29.2 Å². The molecule has 0 bridgehead atoms. The van der Waals surface area contributed by atoms with E-state index in [4.69, 9.17) is 5.10 Å². The van der Waals surface area contributed by atoms with Gasteiger partial charge in [0.25, 0.3) is 6.43 Å². The molecule has 0 radical (unpaired) electrons. The number of nitrogens with one attached hydrogen (secondary N) is 2. The molecule has 1 unspecified atom stereocenters. The first-order valence-corrected chi connectivity index (χ1v) is 22.6. The molecule has 4 aliphatic rings. The maximum absolute atomic E-state index is 14.7. The van der Waals surface area contributed by atoms with Crippen molar-refractivity contribution < 1.29 is 23.2 Å². The first kappa shape index (κ1) is 42.3.